The molecule has 3 rings (SSSR count). The number of hydrogen-bond donors (Lipinski definition) is 1. The number of rotatable bonds is 3. The van der Waals surface area contributed by atoms with Crippen LogP contribution in [0.4, 0.5) is 10.1 Å². The van der Waals surface area contributed by atoms with Gasteiger partial charge in [0, 0.05) is 11.6 Å². The monoisotopic (exact) mass is 331 g/mol. The van der Waals surface area contributed by atoms with Crippen molar-refractivity contribution in [2.45, 2.75) is 0 Å². The summed E-state index contributed by atoms with van der Waals surface area (Å²) in [7, 11) is 1.34. The smallest absolute Gasteiger partial charge is 0.256 e. The zero-order valence-corrected chi connectivity index (χ0v) is 12.8. The number of halogens is 2. The van der Waals surface area contributed by atoms with E-state index in [1.54, 1.807) is 18.2 Å². The molecule has 0 atom stereocenters. The van der Waals surface area contributed by atoms with E-state index in [2.05, 4.69) is 5.32 Å². The molecule has 4 nitrogen and oxygen atoms in total. The van der Waals surface area contributed by atoms with Crippen LogP contribution in [0.15, 0.2) is 42.5 Å². The SMILES string of the molecule is COc1cc(F)ccc1C(=O)/C=C1\C(=O)Nc2c(Cl)cccc21. The highest BCUT2D eigenvalue weighted by Crippen LogP contribution is 2.37. The summed E-state index contributed by atoms with van der Waals surface area (Å²) in [4.78, 5) is 24.5. The molecular weight excluding hydrogens is 321 g/mol. The molecule has 1 aliphatic rings. The first kappa shape index (κ1) is 15.2. The van der Waals surface area contributed by atoms with Crippen molar-refractivity contribution in [2.24, 2.45) is 0 Å². The standard InChI is InChI=1S/C17H11ClFNO3/c1-23-15-7-9(19)5-6-11(15)14(21)8-12-10-3-2-4-13(18)16(10)20-17(12)22/h2-8H,1H3,(H,20,22)/b12-8-. The fourth-order valence-electron chi connectivity index (χ4n) is 2.40. The molecule has 0 radical (unpaired) electrons. The second-order valence-corrected chi connectivity index (χ2v) is 5.29. The van der Waals surface area contributed by atoms with E-state index in [-0.39, 0.29) is 16.9 Å². The molecule has 23 heavy (non-hydrogen) atoms. The Labute approximate surface area is 136 Å². The number of methoxy groups -OCH3 is 1. The highest BCUT2D eigenvalue weighted by Gasteiger charge is 2.27. The number of fused-ring (bicyclic) bond motifs is 1. The molecule has 6 heteroatoms. The van der Waals surface area contributed by atoms with Gasteiger partial charge in [0.15, 0.2) is 5.78 Å². The molecule has 0 aromatic heterocycles. The number of allylic oxidation sites excluding steroid dienone is 1. The third-order valence-electron chi connectivity index (χ3n) is 3.49. The zero-order chi connectivity index (χ0) is 16.6. The van der Waals surface area contributed by atoms with Crippen molar-refractivity contribution < 1.29 is 18.7 Å². The Morgan fingerprint density at radius 3 is 2.83 bits per heavy atom. The van der Waals surface area contributed by atoms with Crippen LogP contribution in [0.5, 0.6) is 5.75 Å². The van der Waals surface area contributed by atoms with Gasteiger partial charge >= 0.3 is 0 Å². The molecule has 0 aliphatic carbocycles. The maximum Gasteiger partial charge on any atom is 0.256 e. The summed E-state index contributed by atoms with van der Waals surface area (Å²) in [6, 6.07) is 8.63. The highest BCUT2D eigenvalue weighted by atomic mass is 35.5. The Morgan fingerprint density at radius 1 is 1.30 bits per heavy atom. The number of hydrogen-bond acceptors (Lipinski definition) is 3. The summed E-state index contributed by atoms with van der Waals surface area (Å²) < 4.78 is 18.2. The molecule has 0 bridgehead atoms. The Hall–Kier alpha value is -2.66. The van der Waals surface area contributed by atoms with Gasteiger partial charge < -0.3 is 10.1 Å². The summed E-state index contributed by atoms with van der Waals surface area (Å²) in [5.74, 6) is -1.28. The van der Waals surface area contributed by atoms with Crippen molar-refractivity contribution in [3.05, 3.63) is 64.4 Å². The van der Waals surface area contributed by atoms with Crippen LogP contribution in [-0.2, 0) is 4.79 Å². The first-order valence-electron chi connectivity index (χ1n) is 6.71. The number of ketones is 1. The van der Waals surface area contributed by atoms with Crippen molar-refractivity contribution >= 4 is 34.6 Å². The van der Waals surface area contributed by atoms with Crippen molar-refractivity contribution in [1.82, 2.24) is 0 Å². The Kier molecular flexibility index (Phi) is 3.88. The topological polar surface area (TPSA) is 55.4 Å². The lowest BCUT2D eigenvalue weighted by Gasteiger charge is -2.06. The number of carbonyl (C=O) groups excluding carboxylic acids is 2. The number of ether oxygens (including phenoxy) is 1. The first-order chi connectivity index (χ1) is 11.0. The van der Waals surface area contributed by atoms with Crippen molar-refractivity contribution in [1.29, 1.82) is 0 Å². The molecule has 0 unspecified atom stereocenters. The van der Waals surface area contributed by atoms with Crippen LogP contribution in [0.1, 0.15) is 15.9 Å². The minimum absolute atomic E-state index is 0.108. The predicted octanol–water partition coefficient (Wildman–Crippen LogP) is 3.71. The van der Waals surface area contributed by atoms with Crippen LogP contribution in [0.25, 0.3) is 5.57 Å². The van der Waals surface area contributed by atoms with Crippen molar-refractivity contribution in [3.8, 4) is 5.75 Å². The normalized spacial score (nSPS) is 14.6. The lowest BCUT2D eigenvalue weighted by molar-refractivity contribution is -0.110. The number of para-hydroxylation sites is 1. The van der Waals surface area contributed by atoms with Gasteiger partial charge in [-0.25, -0.2) is 4.39 Å². The van der Waals surface area contributed by atoms with Gasteiger partial charge in [-0.2, -0.15) is 0 Å². The fourth-order valence-corrected chi connectivity index (χ4v) is 2.62. The van der Waals surface area contributed by atoms with E-state index in [0.717, 1.165) is 12.1 Å². The summed E-state index contributed by atoms with van der Waals surface area (Å²) in [5, 5.41) is 3.02. The largest absolute Gasteiger partial charge is 0.496 e. The molecule has 0 spiro atoms. The highest BCUT2D eigenvalue weighted by molar-refractivity contribution is 6.41. The van der Waals surface area contributed by atoms with E-state index in [4.69, 9.17) is 16.3 Å². The summed E-state index contributed by atoms with van der Waals surface area (Å²) in [6.07, 6.45) is 1.20. The minimum atomic E-state index is -0.512. The van der Waals surface area contributed by atoms with Crippen molar-refractivity contribution in [2.75, 3.05) is 12.4 Å². The molecule has 116 valence electrons. The molecule has 0 fully saturated rings. The second kappa shape index (κ2) is 5.85. The van der Waals surface area contributed by atoms with Gasteiger partial charge in [-0.15, -0.1) is 0 Å². The van der Waals surface area contributed by atoms with Crippen LogP contribution in [0.2, 0.25) is 5.02 Å². The summed E-state index contributed by atoms with van der Waals surface area (Å²) >= 11 is 6.03. The summed E-state index contributed by atoms with van der Waals surface area (Å²) in [6.45, 7) is 0. The van der Waals surface area contributed by atoms with E-state index < -0.39 is 17.5 Å². The van der Waals surface area contributed by atoms with Crippen LogP contribution in [0, 0.1) is 5.82 Å². The molecule has 0 saturated heterocycles. The van der Waals surface area contributed by atoms with E-state index >= 15 is 0 Å². The van der Waals surface area contributed by atoms with Crippen molar-refractivity contribution in [3.63, 3.8) is 0 Å². The van der Waals surface area contributed by atoms with Gasteiger partial charge in [0.1, 0.15) is 11.6 Å². The third-order valence-corrected chi connectivity index (χ3v) is 3.81. The second-order valence-electron chi connectivity index (χ2n) is 4.88. The molecule has 1 heterocycles. The molecule has 1 amide bonds. The lowest BCUT2D eigenvalue weighted by Crippen LogP contribution is -2.07. The van der Waals surface area contributed by atoms with Gasteiger partial charge in [0.2, 0.25) is 0 Å². The van der Waals surface area contributed by atoms with Gasteiger partial charge in [0.05, 0.1) is 29.0 Å². The van der Waals surface area contributed by atoms with Crippen LogP contribution >= 0.6 is 11.6 Å². The third kappa shape index (κ3) is 2.71. The molecule has 2 aromatic carbocycles. The minimum Gasteiger partial charge on any atom is -0.496 e. The van der Waals surface area contributed by atoms with Gasteiger partial charge in [-0.1, -0.05) is 23.7 Å². The van der Waals surface area contributed by atoms with E-state index in [0.29, 0.717) is 16.3 Å². The Morgan fingerprint density at radius 2 is 2.09 bits per heavy atom. The molecule has 1 aliphatic heterocycles. The van der Waals surface area contributed by atoms with Crippen LogP contribution < -0.4 is 10.1 Å². The van der Waals surface area contributed by atoms with Gasteiger partial charge in [-0.3, -0.25) is 9.59 Å². The number of anilines is 1. The number of amides is 1. The number of benzene rings is 2. The maximum atomic E-state index is 13.2. The lowest BCUT2D eigenvalue weighted by atomic mass is 10.0. The fraction of sp³-hybridized carbons (Fsp3) is 0.0588. The van der Waals surface area contributed by atoms with Gasteiger partial charge in [-0.05, 0) is 24.3 Å². The average Bonchev–Trinajstić information content (AvgIpc) is 2.85. The molecule has 1 N–H and O–H groups in total. The first-order valence-corrected chi connectivity index (χ1v) is 7.09. The average molecular weight is 332 g/mol. The van der Waals surface area contributed by atoms with E-state index in [1.807, 2.05) is 0 Å². The predicted molar refractivity (Wildman–Crippen MR) is 85.3 cm³/mol. The van der Waals surface area contributed by atoms with E-state index in [9.17, 15) is 14.0 Å². The number of carbonyl (C=O) groups is 2. The maximum absolute atomic E-state index is 13.2. The number of nitrogens with one attached hydrogen (secondary N) is 1. The van der Waals surface area contributed by atoms with E-state index in [1.165, 1.54) is 19.3 Å². The van der Waals surface area contributed by atoms with Crippen LogP contribution in [0.3, 0.4) is 0 Å². The van der Waals surface area contributed by atoms with Crippen LogP contribution in [-0.4, -0.2) is 18.8 Å². The molecule has 0 saturated carbocycles. The van der Waals surface area contributed by atoms with Gasteiger partial charge in [0.25, 0.3) is 5.91 Å². The zero-order valence-electron chi connectivity index (χ0n) is 12.0. The molecule has 2 aromatic rings. The summed E-state index contributed by atoms with van der Waals surface area (Å²) in [5.41, 5.74) is 1.41. The Balaban J connectivity index is 2.05. The molecular formula is C17H11ClFNO3. The Bertz CT molecular complexity index is 861. The quantitative estimate of drug-likeness (QED) is 0.689.